The molecular weight excluding hydrogens is 290 g/mol. The molecule has 1 saturated heterocycles. The Morgan fingerprint density at radius 1 is 1.30 bits per heavy atom. The van der Waals surface area contributed by atoms with Crippen LogP contribution in [0.1, 0.15) is 67.5 Å². The Morgan fingerprint density at radius 3 is 2.70 bits per heavy atom. The molecule has 1 aromatic heterocycles. The van der Waals surface area contributed by atoms with Crippen LogP contribution in [0.2, 0.25) is 0 Å². The number of nitrogens with zero attached hydrogens (tertiary/aromatic N) is 3. The minimum atomic E-state index is -0.593. The van der Waals surface area contributed by atoms with E-state index in [1.54, 1.807) is 12.4 Å². The Balaban J connectivity index is 1.49. The normalized spacial score (nSPS) is 33.6. The van der Waals surface area contributed by atoms with E-state index in [1.165, 1.54) is 12.8 Å². The number of carbonyl (C=O) groups is 1. The van der Waals surface area contributed by atoms with Crippen molar-refractivity contribution in [3.05, 3.63) is 23.8 Å². The molecule has 1 N–H and O–H groups in total. The molecule has 0 aromatic carbocycles. The van der Waals surface area contributed by atoms with Gasteiger partial charge in [0.15, 0.2) is 0 Å². The molecule has 5 heteroatoms. The SMILES string of the molecule is CC[C@@]1(O)CCC[C@@H]2CN(C(=O)c3cnc(C4CC4)nc3)C[C@@H]21. The van der Waals surface area contributed by atoms with Crippen molar-refractivity contribution in [1.29, 1.82) is 0 Å². The van der Waals surface area contributed by atoms with Crippen LogP contribution in [-0.4, -0.2) is 44.6 Å². The van der Waals surface area contributed by atoms with E-state index < -0.39 is 5.60 Å². The molecule has 2 aliphatic carbocycles. The van der Waals surface area contributed by atoms with Gasteiger partial charge in [0.25, 0.3) is 5.91 Å². The van der Waals surface area contributed by atoms with Gasteiger partial charge in [-0.2, -0.15) is 0 Å². The molecule has 1 amide bonds. The molecule has 0 bridgehead atoms. The number of rotatable bonds is 3. The molecule has 1 aromatic rings. The molecule has 0 radical (unpaired) electrons. The number of aliphatic hydroxyl groups is 1. The van der Waals surface area contributed by atoms with Crippen molar-refractivity contribution in [2.75, 3.05) is 13.1 Å². The lowest BCUT2D eigenvalue weighted by atomic mass is 9.69. The molecule has 23 heavy (non-hydrogen) atoms. The topological polar surface area (TPSA) is 66.3 Å². The van der Waals surface area contributed by atoms with Gasteiger partial charge in [-0.1, -0.05) is 13.3 Å². The lowest BCUT2D eigenvalue weighted by molar-refractivity contribution is -0.0609. The molecular formula is C18H25N3O2. The molecule has 3 atom stereocenters. The minimum absolute atomic E-state index is 0.0141. The van der Waals surface area contributed by atoms with Gasteiger partial charge in [0.05, 0.1) is 11.2 Å². The number of amides is 1. The number of hydrogen-bond acceptors (Lipinski definition) is 4. The van der Waals surface area contributed by atoms with E-state index in [2.05, 4.69) is 16.9 Å². The third-order valence-corrected chi connectivity index (χ3v) is 6.08. The molecule has 1 aliphatic heterocycles. The predicted octanol–water partition coefficient (Wildman–Crippen LogP) is 2.37. The second-order valence-corrected chi connectivity index (χ2v) is 7.53. The highest BCUT2D eigenvalue weighted by Gasteiger charge is 2.48. The van der Waals surface area contributed by atoms with Crippen LogP contribution in [0.25, 0.3) is 0 Å². The molecule has 0 unspecified atom stereocenters. The second kappa shape index (κ2) is 5.55. The summed E-state index contributed by atoms with van der Waals surface area (Å²) < 4.78 is 0. The molecule has 124 valence electrons. The van der Waals surface area contributed by atoms with Crippen LogP contribution in [0.4, 0.5) is 0 Å². The maximum absolute atomic E-state index is 12.8. The van der Waals surface area contributed by atoms with Gasteiger partial charge in [0, 0.05) is 37.3 Å². The first-order chi connectivity index (χ1) is 11.1. The maximum atomic E-state index is 12.8. The fourth-order valence-corrected chi connectivity index (χ4v) is 4.42. The van der Waals surface area contributed by atoms with E-state index in [4.69, 9.17) is 0 Å². The van der Waals surface area contributed by atoms with Crippen molar-refractivity contribution in [1.82, 2.24) is 14.9 Å². The summed E-state index contributed by atoms with van der Waals surface area (Å²) in [6.07, 6.45) is 9.51. The van der Waals surface area contributed by atoms with Crippen molar-refractivity contribution < 1.29 is 9.90 Å². The summed E-state index contributed by atoms with van der Waals surface area (Å²) in [7, 11) is 0. The van der Waals surface area contributed by atoms with E-state index >= 15 is 0 Å². The second-order valence-electron chi connectivity index (χ2n) is 7.53. The van der Waals surface area contributed by atoms with Gasteiger partial charge < -0.3 is 10.0 Å². The zero-order valence-corrected chi connectivity index (χ0v) is 13.7. The summed E-state index contributed by atoms with van der Waals surface area (Å²) in [6, 6.07) is 0. The minimum Gasteiger partial charge on any atom is -0.390 e. The third kappa shape index (κ3) is 2.65. The molecule has 2 saturated carbocycles. The Kier molecular flexibility index (Phi) is 3.63. The number of carbonyl (C=O) groups excluding carboxylic acids is 1. The molecule has 5 nitrogen and oxygen atoms in total. The van der Waals surface area contributed by atoms with Crippen LogP contribution in [-0.2, 0) is 0 Å². The largest absolute Gasteiger partial charge is 0.390 e. The summed E-state index contributed by atoms with van der Waals surface area (Å²) in [5.74, 6) is 2.05. The smallest absolute Gasteiger partial charge is 0.257 e. The molecule has 4 rings (SSSR count). The summed E-state index contributed by atoms with van der Waals surface area (Å²) in [5.41, 5.74) is -0.0160. The summed E-state index contributed by atoms with van der Waals surface area (Å²) in [5, 5.41) is 10.9. The van der Waals surface area contributed by atoms with Crippen molar-refractivity contribution >= 4 is 5.91 Å². The lowest BCUT2D eigenvalue weighted by Crippen LogP contribution is -2.44. The van der Waals surface area contributed by atoms with Gasteiger partial charge in [-0.25, -0.2) is 9.97 Å². The average Bonchev–Trinajstić information content (AvgIpc) is 3.33. The highest BCUT2D eigenvalue weighted by atomic mass is 16.3. The van der Waals surface area contributed by atoms with Crippen LogP contribution in [0.3, 0.4) is 0 Å². The van der Waals surface area contributed by atoms with E-state index in [0.29, 0.717) is 23.9 Å². The monoisotopic (exact) mass is 315 g/mol. The Morgan fingerprint density at radius 2 is 2.04 bits per heavy atom. The van der Waals surface area contributed by atoms with Gasteiger partial charge in [-0.15, -0.1) is 0 Å². The highest BCUT2D eigenvalue weighted by Crippen LogP contribution is 2.44. The predicted molar refractivity (Wildman–Crippen MR) is 86.0 cm³/mol. The van der Waals surface area contributed by atoms with Crippen LogP contribution < -0.4 is 0 Å². The number of hydrogen-bond donors (Lipinski definition) is 1. The maximum Gasteiger partial charge on any atom is 0.257 e. The zero-order chi connectivity index (χ0) is 16.0. The van der Waals surface area contributed by atoms with Crippen LogP contribution >= 0.6 is 0 Å². The van der Waals surface area contributed by atoms with Crippen LogP contribution in [0, 0.1) is 11.8 Å². The lowest BCUT2D eigenvalue weighted by Gasteiger charge is -2.40. The molecule has 2 heterocycles. The average molecular weight is 315 g/mol. The van der Waals surface area contributed by atoms with Crippen molar-refractivity contribution in [2.24, 2.45) is 11.8 Å². The standard InChI is InChI=1S/C18H25N3O2/c1-2-18(23)7-3-4-13-10-21(11-15(13)18)17(22)14-8-19-16(20-9-14)12-5-6-12/h8-9,12-13,15,23H,2-7,10-11H2,1H3/t13-,15+,18-/m1/s1. The number of fused-ring (bicyclic) bond motifs is 1. The fourth-order valence-electron chi connectivity index (χ4n) is 4.42. The molecule has 3 aliphatic rings. The quantitative estimate of drug-likeness (QED) is 0.930. The molecule has 3 fully saturated rings. The van der Waals surface area contributed by atoms with E-state index in [9.17, 15) is 9.90 Å². The van der Waals surface area contributed by atoms with Gasteiger partial charge in [0.1, 0.15) is 5.82 Å². The van der Waals surface area contributed by atoms with Crippen LogP contribution in [0.5, 0.6) is 0 Å². The summed E-state index contributed by atoms with van der Waals surface area (Å²) >= 11 is 0. The first-order valence-corrected chi connectivity index (χ1v) is 8.94. The zero-order valence-electron chi connectivity index (χ0n) is 13.7. The summed E-state index contributed by atoms with van der Waals surface area (Å²) in [4.78, 5) is 23.4. The van der Waals surface area contributed by atoms with E-state index in [1.807, 2.05) is 4.90 Å². The van der Waals surface area contributed by atoms with Crippen molar-refractivity contribution in [3.63, 3.8) is 0 Å². The van der Waals surface area contributed by atoms with E-state index in [-0.39, 0.29) is 11.8 Å². The van der Waals surface area contributed by atoms with Gasteiger partial charge >= 0.3 is 0 Å². The third-order valence-electron chi connectivity index (χ3n) is 6.08. The molecule has 0 spiro atoms. The van der Waals surface area contributed by atoms with E-state index in [0.717, 1.165) is 38.1 Å². The Labute approximate surface area is 137 Å². The highest BCUT2D eigenvalue weighted by molar-refractivity contribution is 5.93. The van der Waals surface area contributed by atoms with Crippen molar-refractivity contribution in [2.45, 2.75) is 57.0 Å². The van der Waals surface area contributed by atoms with Crippen molar-refractivity contribution in [3.8, 4) is 0 Å². The number of likely N-dealkylation sites (tertiary alicyclic amines) is 1. The van der Waals surface area contributed by atoms with Crippen LogP contribution in [0.15, 0.2) is 12.4 Å². The first kappa shape index (κ1) is 15.1. The van der Waals surface area contributed by atoms with Gasteiger partial charge in [-0.3, -0.25) is 4.79 Å². The van der Waals surface area contributed by atoms with Gasteiger partial charge in [-0.05, 0) is 38.0 Å². The Hall–Kier alpha value is -1.49. The summed E-state index contributed by atoms with van der Waals surface area (Å²) in [6.45, 7) is 3.48. The number of aromatic nitrogens is 2. The fraction of sp³-hybridized carbons (Fsp3) is 0.722. The first-order valence-electron chi connectivity index (χ1n) is 8.94. The Bertz CT molecular complexity index is 599. The van der Waals surface area contributed by atoms with Gasteiger partial charge in [0.2, 0.25) is 0 Å².